The van der Waals surface area contributed by atoms with Crippen molar-refractivity contribution in [2.75, 3.05) is 24.5 Å². The summed E-state index contributed by atoms with van der Waals surface area (Å²) >= 11 is 12.0. The number of hydrogen-bond acceptors (Lipinski definition) is 2. The molecule has 2 fully saturated rings. The SMILES string of the molecule is O=C(c1ccc(Cl)c(Cl)c1)N1CCC2(CC1)CCN2c1ccccc1. The minimum absolute atomic E-state index is 0.0407. The summed E-state index contributed by atoms with van der Waals surface area (Å²) in [5.74, 6) is 0.0407. The molecule has 2 aliphatic rings. The number of carbonyl (C=O) groups excluding carboxylic acids is 1. The van der Waals surface area contributed by atoms with Gasteiger partial charge in [-0.25, -0.2) is 0 Å². The van der Waals surface area contributed by atoms with Gasteiger partial charge >= 0.3 is 0 Å². The lowest BCUT2D eigenvalue weighted by atomic mass is 9.76. The highest BCUT2D eigenvalue weighted by molar-refractivity contribution is 6.42. The molecule has 4 rings (SSSR count). The minimum atomic E-state index is 0.0407. The highest BCUT2D eigenvalue weighted by Crippen LogP contribution is 2.43. The molecular formula is C20H20Cl2N2O. The molecule has 0 saturated carbocycles. The van der Waals surface area contributed by atoms with Crippen molar-refractivity contribution in [3.05, 3.63) is 64.1 Å². The van der Waals surface area contributed by atoms with Crippen LogP contribution in [0.15, 0.2) is 48.5 Å². The van der Waals surface area contributed by atoms with Crippen molar-refractivity contribution in [1.29, 1.82) is 0 Å². The molecular weight excluding hydrogens is 355 g/mol. The van der Waals surface area contributed by atoms with Gasteiger partial charge < -0.3 is 9.80 Å². The number of benzene rings is 2. The molecule has 0 radical (unpaired) electrons. The molecule has 130 valence electrons. The Labute approximate surface area is 158 Å². The fourth-order valence-corrected chi connectivity index (χ4v) is 4.31. The second-order valence-electron chi connectivity index (χ2n) is 6.88. The maximum absolute atomic E-state index is 12.7. The van der Waals surface area contributed by atoms with E-state index < -0.39 is 0 Å². The molecule has 3 nitrogen and oxygen atoms in total. The monoisotopic (exact) mass is 374 g/mol. The summed E-state index contributed by atoms with van der Waals surface area (Å²) in [5.41, 5.74) is 2.12. The molecule has 2 saturated heterocycles. The first-order valence-electron chi connectivity index (χ1n) is 8.66. The molecule has 0 aromatic heterocycles. The number of para-hydroxylation sites is 1. The second-order valence-corrected chi connectivity index (χ2v) is 7.70. The summed E-state index contributed by atoms with van der Waals surface area (Å²) in [6.45, 7) is 2.66. The Morgan fingerprint density at radius 3 is 2.16 bits per heavy atom. The van der Waals surface area contributed by atoms with E-state index >= 15 is 0 Å². The van der Waals surface area contributed by atoms with Gasteiger partial charge in [-0.2, -0.15) is 0 Å². The van der Waals surface area contributed by atoms with Crippen LogP contribution in [0.5, 0.6) is 0 Å². The number of amides is 1. The van der Waals surface area contributed by atoms with Crippen LogP contribution >= 0.6 is 23.2 Å². The largest absolute Gasteiger partial charge is 0.366 e. The van der Waals surface area contributed by atoms with Gasteiger partial charge in [0.15, 0.2) is 0 Å². The first-order chi connectivity index (χ1) is 12.1. The van der Waals surface area contributed by atoms with Crippen LogP contribution in [0.3, 0.4) is 0 Å². The van der Waals surface area contributed by atoms with E-state index in [1.54, 1.807) is 18.2 Å². The van der Waals surface area contributed by atoms with Gasteiger partial charge in [0.25, 0.3) is 5.91 Å². The molecule has 2 aromatic carbocycles. The third-order valence-electron chi connectivity index (χ3n) is 5.59. The fourth-order valence-electron chi connectivity index (χ4n) is 4.01. The van der Waals surface area contributed by atoms with Gasteiger partial charge in [-0.15, -0.1) is 0 Å². The molecule has 0 atom stereocenters. The number of anilines is 1. The molecule has 2 aromatic rings. The Morgan fingerprint density at radius 2 is 1.56 bits per heavy atom. The van der Waals surface area contributed by atoms with Crippen LogP contribution in [0.4, 0.5) is 5.69 Å². The topological polar surface area (TPSA) is 23.6 Å². The molecule has 0 bridgehead atoms. The fraction of sp³-hybridized carbons (Fsp3) is 0.350. The molecule has 0 aliphatic carbocycles. The quantitative estimate of drug-likeness (QED) is 0.747. The van der Waals surface area contributed by atoms with Gasteiger partial charge in [0, 0.05) is 36.4 Å². The van der Waals surface area contributed by atoms with Gasteiger partial charge in [-0.1, -0.05) is 41.4 Å². The Morgan fingerprint density at radius 1 is 0.880 bits per heavy atom. The lowest BCUT2D eigenvalue weighted by molar-refractivity contribution is 0.0614. The first-order valence-corrected chi connectivity index (χ1v) is 9.42. The lowest BCUT2D eigenvalue weighted by Crippen LogP contribution is -2.64. The normalized spacial score (nSPS) is 19.0. The summed E-state index contributed by atoms with van der Waals surface area (Å²) in [7, 11) is 0. The number of carbonyl (C=O) groups is 1. The van der Waals surface area contributed by atoms with Gasteiger partial charge in [0.1, 0.15) is 0 Å². The number of likely N-dealkylation sites (tertiary alicyclic amines) is 1. The predicted octanol–water partition coefficient (Wildman–Crippen LogP) is 4.88. The van der Waals surface area contributed by atoms with E-state index in [0.717, 1.165) is 32.5 Å². The molecule has 25 heavy (non-hydrogen) atoms. The van der Waals surface area contributed by atoms with Crippen LogP contribution in [0.1, 0.15) is 29.6 Å². The van der Waals surface area contributed by atoms with Crippen molar-refractivity contribution in [1.82, 2.24) is 4.90 Å². The van der Waals surface area contributed by atoms with E-state index in [-0.39, 0.29) is 11.4 Å². The van der Waals surface area contributed by atoms with Gasteiger partial charge in [0.2, 0.25) is 0 Å². The second kappa shape index (κ2) is 6.54. The number of rotatable bonds is 2. The third-order valence-corrected chi connectivity index (χ3v) is 6.33. The van der Waals surface area contributed by atoms with E-state index in [4.69, 9.17) is 23.2 Å². The van der Waals surface area contributed by atoms with E-state index in [9.17, 15) is 4.79 Å². The molecule has 0 N–H and O–H groups in total. The van der Waals surface area contributed by atoms with Crippen LogP contribution < -0.4 is 4.90 Å². The van der Waals surface area contributed by atoms with Gasteiger partial charge in [-0.05, 0) is 49.6 Å². The van der Waals surface area contributed by atoms with Crippen LogP contribution in [-0.2, 0) is 0 Å². The van der Waals surface area contributed by atoms with Crippen molar-refractivity contribution in [2.24, 2.45) is 0 Å². The first kappa shape index (κ1) is 16.7. The average molecular weight is 375 g/mol. The summed E-state index contributed by atoms with van der Waals surface area (Å²) < 4.78 is 0. The Balaban J connectivity index is 1.44. The zero-order chi connectivity index (χ0) is 17.4. The molecule has 0 unspecified atom stereocenters. The minimum Gasteiger partial charge on any atom is -0.366 e. The van der Waals surface area contributed by atoms with Crippen LogP contribution in [0.25, 0.3) is 0 Å². The number of nitrogens with zero attached hydrogens (tertiary/aromatic N) is 2. The highest BCUT2D eigenvalue weighted by atomic mass is 35.5. The van der Waals surface area contributed by atoms with Crippen LogP contribution in [-0.4, -0.2) is 36.0 Å². The van der Waals surface area contributed by atoms with E-state index in [2.05, 4.69) is 35.2 Å². The smallest absolute Gasteiger partial charge is 0.253 e. The number of halogens is 2. The lowest BCUT2D eigenvalue weighted by Gasteiger charge is -2.57. The Hall–Kier alpha value is -1.71. The Bertz CT molecular complexity index is 786. The number of hydrogen-bond donors (Lipinski definition) is 0. The van der Waals surface area contributed by atoms with Crippen LogP contribution in [0, 0.1) is 0 Å². The molecule has 1 spiro atoms. The van der Waals surface area contributed by atoms with Crippen molar-refractivity contribution in [2.45, 2.75) is 24.8 Å². The third kappa shape index (κ3) is 3.00. The standard InChI is InChI=1S/C20H20Cl2N2O/c21-17-7-6-15(14-18(17)22)19(25)23-11-8-20(9-12-23)10-13-24(20)16-4-2-1-3-5-16/h1-7,14H,8-13H2. The maximum atomic E-state index is 12.7. The Kier molecular flexibility index (Phi) is 4.38. The zero-order valence-electron chi connectivity index (χ0n) is 13.9. The molecule has 5 heteroatoms. The zero-order valence-corrected chi connectivity index (χ0v) is 15.4. The van der Waals surface area contributed by atoms with Crippen molar-refractivity contribution >= 4 is 34.8 Å². The highest BCUT2D eigenvalue weighted by Gasteiger charge is 2.47. The van der Waals surface area contributed by atoms with Gasteiger partial charge in [-0.3, -0.25) is 4.79 Å². The van der Waals surface area contributed by atoms with E-state index in [1.807, 2.05) is 4.90 Å². The van der Waals surface area contributed by atoms with Crippen molar-refractivity contribution in [3.8, 4) is 0 Å². The number of piperidine rings is 1. The van der Waals surface area contributed by atoms with Crippen molar-refractivity contribution < 1.29 is 4.79 Å². The van der Waals surface area contributed by atoms with Crippen LogP contribution in [0.2, 0.25) is 10.0 Å². The molecule has 2 heterocycles. The maximum Gasteiger partial charge on any atom is 0.253 e. The van der Waals surface area contributed by atoms with Gasteiger partial charge in [0.05, 0.1) is 10.0 Å². The molecule has 2 aliphatic heterocycles. The predicted molar refractivity (Wildman–Crippen MR) is 103 cm³/mol. The van der Waals surface area contributed by atoms with E-state index in [0.29, 0.717) is 15.6 Å². The summed E-state index contributed by atoms with van der Waals surface area (Å²) in [4.78, 5) is 17.2. The summed E-state index contributed by atoms with van der Waals surface area (Å²) in [5, 5.41) is 0.902. The molecule has 1 amide bonds. The summed E-state index contributed by atoms with van der Waals surface area (Å²) in [6, 6.07) is 15.7. The van der Waals surface area contributed by atoms with E-state index in [1.165, 1.54) is 12.1 Å². The average Bonchev–Trinajstić information content (AvgIpc) is 2.63. The summed E-state index contributed by atoms with van der Waals surface area (Å²) in [6.07, 6.45) is 3.22. The van der Waals surface area contributed by atoms with Crippen molar-refractivity contribution in [3.63, 3.8) is 0 Å².